The first-order valence-electron chi connectivity index (χ1n) is 6.93. The van der Waals surface area contributed by atoms with Crippen LogP contribution in [0, 0.1) is 0 Å². The molecule has 114 valence electrons. The average Bonchev–Trinajstić information content (AvgIpc) is 2.55. The molecule has 0 fully saturated rings. The third-order valence-corrected chi connectivity index (χ3v) is 2.88. The van der Waals surface area contributed by atoms with E-state index in [1.807, 2.05) is 31.2 Å². The Bertz CT molecular complexity index is 668. The number of ether oxygens (including phenoxy) is 2. The van der Waals surface area contributed by atoms with E-state index in [4.69, 9.17) is 9.47 Å². The Labute approximate surface area is 129 Å². The number of nitrogens with one attached hydrogen (secondary N) is 1. The van der Waals surface area contributed by atoms with Crippen LogP contribution in [0.3, 0.4) is 0 Å². The fraction of sp³-hybridized carbons (Fsp3) is 0.176. The summed E-state index contributed by atoms with van der Waals surface area (Å²) in [6.45, 7) is 2.53. The molecule has 0 unspecified atom stereocenters. The molecule has 0 aromatic heterocycles. The molecule has 2 rings (SSSR count). The minimum atomic E-state index is -0.295. The molecule has 22 heavy (non-hydrogen) atoms. The summed E-state index contributed by atoms with van der Waals surface area (Å²) in [4.78, 5) is 12.0. The number of hydrazone groups is 1. The van der Waals surface area contributed by atoms with Crippen LogP contribution in [0.5, 0.6) is 11.5 Å². The second kappa shape index (κ2) is 7.83. The lowest BCUT2D eigenvalue weighted by Gasteiger charge is -2.04. The lowest BCUT2D eigenvalue weighted by atomic mass is 10.2. The highest BCUT2D eigenvalue weighted by atomic mass is 16.5. The average molecular weight is 298 g/mol. The molecule has 0 aliphatic carbocycles. The maximum atomic E-state index is 12.0. The van der Waals surface area contributed by atoms with Gasteiger partial charge in [0.15, 0.2) is 0 Å². The summed E-state index contributed by atoms with van der Waals surface area (Å²) < 4.78 is 10.5. The van der Waals surface area contributed by atoms with Gasteiger partial charge in [0.25, 0.3) is 5.91 Å². The highest BCUT2D eigenvalue weighted by molar-refractivity contribution is 5.95. The Morgan fingerprint density at radius 2 is 1.95 bits per heavy atom. The first-order valence-corrected chi connectivity index (χ1v) is 6.93. The molecular weight excluding hydrogens is 280 g/mol. The molecule has 0 aliphatic rings. The van der Waals surface area contributed by atoms with E-state index in [1.165, 1.54) is 0 Å². The van der Waals surface area contributed by atoms with E-state index in [1.54, 1.807) is 37.6 Å². The molecule has 0 saturated carbocycles. The Morgan fingerprint density at radius 1 is 1.18 bits per heavy atom. The number of nitrogens with zero attached hydrogens (tertiary/aromatic N) is 1. The van der Waals surface area contributed by atoms with Crippen LogP contribution < -0.4 is 14.9 Å². The maximum Gasteiger partial charge on any atom is 0.271 e. The fourth-order valence-corrected chi connectivity index (χ4v) is 1.85. The van der Waals surface area contributed by atoms with Gasteiger partial charge >= 0.3 is 0 Å². The Morgan fingerprint density at radius 3 is 2.73 bits per heavy atom. The SMILES string of the molecule is CCOc1cccc(/C=N/NC(=O)c2cccc(OC)c2)c1. The van der Waals surface area contributed by atoms with E-state index < -0.39 is 0 Å². The molecule has 0 radical (unpaired) electrons. The first-order chi connectivity index (χ1) is 10.7. The van der Waals surface area contributed by atoms with Gasteiger partial charge in [-0.1, -0.05) is 18.2 Å². The fourth-order valence-electron chi connectivity index (χ4n) is 1.85. The van der Waals surface area contributed by atoms with Gasteiger partial charge in [0.05, 0.1) is 19.9 Å². The van der Waals surface area contributed by atoms with E-state index in [2.05, 4.69) is 10.5 Å². The largest absolute Gasteiger partial charge is 0.497 e. The van der Waals surface area contributed by atoms with Gasteiger partial charge in [0.2, 0.25) is 0 Å². The van der Waals surface area contributed by atoms with Crippen LogP contribution in [0.2, 0.25) is 0 Å². The summed E-state index contributed by atoms with van der Waals surface area (Å²) in [6.07, 6.45) is 1.57. The van der Waals surface area contributed by atoms with Crippen molar-refractivity contribution in [3.63, 3.8) is 0 Å². The zero-order chi connectivity index (χ0) is 15.8. The number of carbonyl (C=O) groups excluding carboxylic acids is 1. The van der Waals surface area contributed by atoms with Crippen LogP contribution in [0.15, 0.2) is 53.6 Å². The number of rotatable bonds is 6. The van der Waals surface area contributed by atoms with E-state index in [0.29, 0.717) is 17.9 Å². The summed E-state index contributed by atoms with van der Waals surface area (Å²) >= 11 is 0. The van der Waals surface area contributed by atoms with Gasteiger partial charge in [-0.3, -0.25) is 4.79 Å². The van der Waals surface area contributed by atoms with Crippen molar-refractivity contribution in [3.05, 3.63) is 59.7 Å². The number of hydrogen-bond donors (Lipinski definition) is 1. The smallest absolute Gasteiger partial charge is 0.271 e. The summed E-state index contributed by atoms with van der Waals surface area (Å²) in [5, 5.41) is 3.95. The van der Waals surface area contributed by atoms with Crippen LogP contribution >= 0.6 is 0 Å². The van der Waals surface area contributed by atoms with Gasteiger partial charge in [0.1, 0.15) is 11.5 Å². The third kappa shape index (κ3) is 4.34. The van der Waals surface area contributed by atoms with Gasteiger partial charge in [-0.15, -0.1) is 0 Å². The van der Waals surface area contributed by atoms with E-state index >= 15 is 0 Å². The number of carbonyl (C=O) groups is 1. The minimum Gasteiger partial charge on any atom is -0.497 e. The van der Waals surface area contributed by atoms with Gasteiger partial charge in [-0.2, -0.15) is 5.10 Å². The van der Waals surface area contributed by atoms with E-state index in [-0.39, 0.29) is 5.91 Å². The van der Waals surface area contributed by atoms with Gasteiger partial charge in [-0.05, 0) is 42.8 Å². The molecule has 2 aromatic carbocycles. The van der Waals surface area contributed by atoms with Crippen molar-refractivity contribution in [2.75, 3.05) is 13.7 Å². The van der Waals surface area contributed by atoms with Crippen LogP contribution in [-0.4, -0.2) is 25.8 Å². The molecule has 0 heterocycles. The third-order valence-electron chi connectivity index (χ3n) is 2.88. The second-order valence-corrected chi connectivity index (χ2v) is 4.44. The molecule has 0 atom stereocenters. The number of hydrogen-bond acceptors (Lipinski definition) is 4. The second-order valence-electron chi connectivity index (χ2n) is 4.44. The molecule has 1 amide bonds. The lowest BCUT2D eigenvalue weighted by molar-refractivity contribution is 0.0955. The van der Waals surface area contributed by atoms with Crippen LogP contribution in [-0.2, 0) is 0 Å². The molecule has 2 aromatic rings. The number of benzene rings is 2. The molecule has 0 saturated heterocycles. The number of methoxy groups -OCH3 is 1. The molecule has 5 nitrogen and oxygen atoms in total. The van der Waals surface area contributed by atoms with Crippen LogP contribution in [0.1, 0.15) is 22.8 Å². The zero-order valence-electron chi connectivity index (χ0n) is 12.6. The summed E-state index contributed by atoms with van der Waals surface area (Å²) in [5.41, 5.74) is 3.81. The van der Waals surface area contributed by atoms with Crippen molar-refractivity contribution < 1.29 is 14.3 Å². The summed E-state index contributed by atoms with van der Waals surface area (Å²) in [5.74, 6) is 1.10. The van der Waals surface area contributed by atoms with Crippen molar-refractivity contribution in [2.24, 2.45) is 5.10 Å². The standard InChI is InChI=1S/C17H18N2O3/c1-3-22-16-9-4-6-13(10-16)12-18-19-17(20)14-7-5-8-15(11-14)21-2/h4-12H,3H2,1-2H3,(H,19,20)/b18-12+. The topological polar surface area (TPSA) is 59.9 Å². The monoisotopic (exact) mass is 298 g/mol. The molecule has 1 N–H and O–H groups in total. The van der Waals surface area contributed by atoms with Crippen LogP contribution in [0.25, 0.3) is 0 Å². The van der Waals surface area contributed by atoms with Gasteiger partial charge < -0.3 is 9.47 Å². The normalized spacial score (nSPS) is 10.5. The lowest BCUT2D eigenvalue weighted by Crippen LogP contribution is -2.17. The van der Waals surface area contributed by atoms with Crippen molar-refractivity contribution in [1.29, 1.82) is 0 Å². The predicted molar refractivity (Wildman–Crippen MR) is 85.7 cm³/mol. The molecule has 0 bridgehead atoms. The van der Waals surface area contributed by atoms with E-state index in [0.717, 1.165) is 11.3 Å². The van der Waals surface area contributed by atoms with Gasteiger partial charge in [0, 0.05) is 5.56 Å². The van der Waals surface area contributed by atoms with Gasteiger partial charge in [-0.25, -0.2) is 5.43 Å². The molecule has 0 spiro atoms. The van der Waals surface area contributed by atoms with E-state index in [9.17, 15) is 4.79 Å². The Hall–Kier alpha value is -2.82. The highest BCUT2D eigenvalue weighted by Crippen LogP contribution is 2.13. The molecule has 5 heteroatoms. The Balaban J connectivity index is 1.99. The summed E-state index contributed by atoms with van der Waals surface area (Å²) in [7, 11) is 1.56. The van der Waals surface area contributed by atoms with Crippen molar-refractivity contribution in [3.8, 4) is 11.5 Å². The molecule has 0 aliphatic heterocycles. The first kappa shape index (κ1) is 15.6. The predicted octanol–water partition coefficient (Wildman–Crippen LogP) is 2.86. The van der Waals surface area contributed by atoms with Crippen LogP contribution in [0.4, 0.5) is 0 Å². The maximum absolute atomic E-state index is 12.0. The summed E-state index contributed by atoms with van der Waals surface area (Å²) in [6, 6.07) is 14.4. The quantitative estimate of drug-likeness (QED) is 0.659. The Kier molecular flexibility index (Phi) is 5.54. The van der Waals surface area contributed by atoms with Crippen molar-refractivity contribution in [2.45, 2.75) is 6.92 Å². The molecular formula is C17H18N2O3. The number of amides is 1. The highest BCUT2D eigenvalue weighted by Gasteiger charge is 2.04. The van der Waals surface area contributed by atoms with Crippen molar-refractivity contribution in [1.82, 2.24) is 5.43 Å². The zero-order valence-corrected chi connectivity index (χ0v) is 12.6. The minimum absolute atomic E-state index is 0.295. The van der Waals surface area contributed by atoms with Crippen molar-refractivity contribution >= 4 is 12.1 Å².